The van der Waals surface area contributed by atoms with E-state index >= 15 is 0 Å². The van der Waals surface area contributed by atoms with Crippen molar-refractivity contribution in [2.75, 3.05) is 19.7 Å². The molecule has 1 fully saturated rings. The molecular weight excluding hydrogens is 312 g/mol. The number of benzene rings is 1. The van der Waals surface area contributed by atoms with Gasteiger partial charge in [-0.05, 0) is 49.5 Å². The van der Waals surface area contributed by atoms with Gasteiger partial charge in [0.1, 0.15) is 5.75 Å². The van der Waals surface area contributed by atoms with E-state index in [4.69, 9.17) is 0 Å². The van der Waals surface area contributed by atoms with Crippen molar-refractivity contribution in [3.63, 3.8) is 0 Å². The van der Waals surface area contributed by atoms with E-state index < -0.39 is 30.3 Å². The lowest BCUT2D eigenvalue weighted by molar-refractivity contribution is -0.158. The summed E-state index contributed by atoms with van der Waals surface area (Å²) < 4.78 is 79.8. The molecule has 1 aromatic carbocycles. The first kappa shape index (κ1) is 16.9. The molecule has 8 heteroatoms. The summed E-state index contributed by atoms with van der Waals surface area (Å²) in [4.78, 5) is 0. The molecular formula is C14H15F6NO. The molecule has 0 unspecified atom stereocenters. The minimum atomic E-state index is -4.76. The maximum Gasteiger partial charge on any atom is 0.422 e. The van der Waals surface area contributed by atoms with Crippen LogP contribution in [0.3, 0.4) is 0 Å². The third kappa shape index (κ3) is 4.53. The zero-order valence-corrected chi connectivity index (χ0v) is 11.5. The monoisotopic (exact) mass is 327 g/mol. The number of hydrogen-bond acceptors (Lipinski definition) is 2. The highest BCUT2D eigenvalue weighted by Crippen LogP contribution is 2.39. The van der Waals surface area contributed by atoms with Crippen LogP contribution in [-0.2, 0) is 6.18 Å². The normalized spacial score (nSPS) is 17.5. The van der Waals surface area contributed by atoms with Gasteiger partial charge in [-0.1, -0.05) is 6.07 Å². The second kappa shape index (κ2) is 6.36. The molecule has 0 amide bonds. The zero-order chi connectivity index (χ0) is 16.4. The summed E-state index contributed by atoms with van der Waals surface area (Å²) in [7, 11) is 0. The maximum atomic E-state index is 13.0. The molecule has 1 heterocycles. The van der Waals surface area contributed by atoms with Crippen LogP contribution in [0.2, 0.25) is 0 Å². The third-order valence-corrected chi connectivity index (χ3v) is 3.51. The van der Waals surface area contributed by atoms with E-state index in [1.165, 1.54) is 6.07 Å². The van der Waals surface area contributed by atoms with Crippen LogP contribution in [0.1, 0.15) is 29.9 Å². The van der Waals surface area contributed by atoms with Crippen LogP contribution in [0.25, 0.3) is 0 Å². The molecule has 0 radical (unpaired) electrons. The Balaban J connectivity index is 2.26. The minimum absolute atomic E-state index is 0.0287. The van der Waals surface area contributed by atoms with Gasteiger partial charge in [-0.3, -0.25) is 0 Å². The van der Waals surface area contributed by atoms with Gasteiger partial charge < -0.3 is 10.1 Å². The average Bonchev–Trinajstić information content (AvgIpc) is 2.44. The summed E-state index contributed by atoms with van der Waals surface area (Å²) in [5.74, 6) is -0.818. The van der Waals surface area contributed by atoms with Crippen LogP contribution in [0.15, 0.2) is 18.2 Å². The Hall–Kier alpha value is -1.44. The molecule has 0 saturated carbocycles. The highest BCUT2D eigenvalue weighted by atomic mass is 19.4. The summed E-state index contributed by atoms with van der Waals surface area (Å²) in [5.41, 5.74) is -0.680. The molecule has 0 spiro atoms. The van der Waals surface area contributed by atoms with E-state index in [-0.39, 0.29) is 5.92 Å². The molecule has 1 aliphatic rings. The number of hydrogen-bond donors (Lipinski definition) is 1. The van der Waals surface area contributed by atoms with E-state index in [2.05, 4.69) is 10.1 Å². The van der Waals surface area contributed by atoms with E-state index in [0.29, 0.717) is 31.5 Å². The quantitative estimate of drug-likeness (QED) is 0.844. The van der Waals surface area contributed by atoms with Crippen LogP contribution >= 0.6 is 0 Å². The second-order valence-corrected chi connectivity index (χ2v) is 5.18. The van der Waals surface area contributed by atoms with E-state index in [1.54, 1.807) is 0 Å². The number of nitrogens with one attached hydrogen (secondary N) is 1. The average molecular weight is 327 g/mol. The van der Waals surface area contributed by atoms with Crippen LogP contribution in [-0.4, -0.2) is 25.9 Å². The number of alkyl halides is 6. The fraction of sp³-hybridized carbons (Fsp3) is 0.571. The van der Waals surface area contributed by atoms with Crippen molar-refractivity contribution >= 4 is 0 Å². The Labute approximate surface area is 123 Å². The van der Waals surface area contributed by atoms with Crippen molar-refractivity contribution in [1.29, 1.82) is 0 Å². The first-order chi connectivity index (χ1) is 10.2. The van der Waals surface area contributed by atoms with Crippen LogP contribution < -0.4 is 10.1 Å². The summed E-state index contributed by atoms with van der Waals surface area (Å²) in [6.45, 7) is -0.334. The van der Waals surface area contributed by atoms with Crippen molar-refractivity contribution < 1.29 is 31.1 Å². The first-order valence-corrected chi connectivity index (χ1v) is 6.78. The predicted octanol–water partition coefficient (Wildman–Crippen LogP) is 4.11. The highest BCUT2D eigenvalue weighted by Gasteiger charge is 2.37. The lowest BCUT2D eigenvalue weighted by atomic mass is 9.89. The van der Waals surface area contributed by atoms with E-state index in [9.17, 15) is 26.3 Å². The fourth-order valence-electron chi connectivity index (χ4n) is 2.46. The molecule has 2 rings (SSSR count). The molecule has 1 N–H and O–H groups in total. The molecule has 1 aromatic rings. The van der Waals surface area contributed by atoms with Crippen molar-refractivity contribution in [2.45, 2.75) is 31.1 Å². The van der Waals surface area contributed by atoms with Gasteiger partial charge in [0.25, 0.3) is 0 Å². The van der Waals surface area contributed by atoms with Gasteiger partial charge in [0.15, 0.2) is 6.61 Å². The molecule has 0 aromatic heterocycles. The Bertz CT molecular complexity index is 505. The summed E-state index contributed by atoms with van der Waals surface area (Å²) >= 11 is 0. The Morgan fingerprint density at radius 1 is 1.05 bits per heavy atom. The zero-order valence-electron chi connectivity index (χ0n) is 11.5. The summed E-state index contributed by atoms with van der Waals surface area (Å²) in [6, 6.07) is 3.30. The highest BCUT2D eigenvalue weighted by molar-refractivity contribution is 5.40. The van der Waals surface area contributed by atoms with Gasteiger partial charge in [0, 0.05) is 0 Å². The van der Waals surface area contributed by atoms with Gasteiger partial charge in [0.05, 0.1) is 5.56 Å². The summed E-state index contributed by atoms with van der Waals surface area (Å²) in [5, 5.41) is 3.11. The molecule has 0 aliphatic carbocycles. The molecule has 2 nitrogen and oxygen atoms in total. The Kier molecular flexibility index (Phi) is 4.89. The molecule has 124 valence electrons. The molecule has 1 saturated heterocycles. The lowest BCUT2D eigenvalue weighted by Crippen LogP contribution is -2.27. The van der Waals surface area contributed by atoms with Gasteiger partial charge >= 0.3 is 12.4 Å². The van der Waals surface area contributed by atoms with Gasteiger partial charge in [-0.15, -0.1) is 0 Å². The predicted molar refractivity (Wildman–Crippen MR) is 67.8 cm³/mol. The maximum absolute atomic E-state index is 13.0. The minimum Gasteiger partial charge on any atom is -0.483 e. The van der Waals surface area contributed by atoms with Crippen LogP contribution in [0.4, 0.5) is 26.3 Å². The van der Waals surface area contributed by atoms with Crippen molar-refractivity contribution in [1.82, 2.24) is 5.32 Å². The van der Waals surface area contributed by atoms with Crippen molar-refractivity contribution in [3.05, 3.63) is 29.3 Å². The second-order valence-electron chi connectivity index (χ2n) is 5.18. The SMILES string of the molecule is FC(F)(F)COc1ccc(C2CCNCC2)cc1C(F)(F)F. The largest absolute Gasteiger partial charge is 0.483 e. The first-order valence-electron chi connectivity index (χ1n) is 6.78. The van der Waals surface area contributed by atoms with E-state index in [1.807, 2.05) is 0 Å². The van der Waals surface area contributed by atoms with Crippen LogP contribution in [0, 0.1) is 0 Å². The number of halogens is 6. The topological polar surface area (TPSA) is 21.3 Å². The van der Waals surface area contributed by atoms with Gasteiger partial charge in [-0.2, -0.15) is 26.3 Å². The fourth-order valence-corrected chi connectivity index (χ4v) is 2.46. The smallest absolute Gasteiger partial charge is 0.422 e. The molecule has 1 aliphatic heterocycles. The number of rotatable bonds is 3. The number of piperidine rings is 1. The molecule has 0 atom stereocenters. The van der Waals surface area contributed by atoms with Gasteiger partial charge in [-0.25, -0.2) is 0 Å². The number of ether oxygens (including phenoxy) is 1. The molecule has 0 bridgehead atoms. The van der Waals surface area contributed by atoms with Crippen LogP contribution in [0.5, 0.6) is 5.75 Å². The summed E-state index contributed by atoms with van der Waals surface area (Å²) in [6.07, 6.45) is -8.06. The van der Waals surface area contributed by atoms with E-state index in [0.717, 1.165) is 12.1 Å². The Morgan fingerprint density at radius 3 is 2.23 bits per heavy atom. The van der Waals surface area contributed by atoms with Gasteiger partial charge in [0.2, 0.25) is 0 Å². The Morgan fingerprint density at radius 2 is 1.68 bits per heavy atom. The third-order valence-electron chi connectivity index (χ3n) is 3.51. The standard InChI is InChI=1S/C14H15F6NO/c15-13(16,17)8-22-12-2-1-10(7-11(12)14(18,19)20)9-3-5-21-6-4-9/h1-2,7,9,21H,3-6,8H2. The molecule has 22 heavy (non-hydrogen) atoms. The van der Waals surface area contributed by atoms with Crippen molar-refractivity contribution in [3.8, 4) is 5.75 Å². The van der Waals surface area contributed by atoms with Crippen molar-refractivity contribution in [2.24, 2.45) is 0 Å². The lowest BCUT2D eigenvalue weighted by Gasteiger charge is -2.24.